The zero-order chi connectivity index (χ0) is 31.6. The molecule has 0 aliphatic carbocycles. The van der Waals surface area contributed by atoms with Crippen LogP contribution in [0.2, 0.25) is 0 Å². The van der Waals surface area contributed by atoms with E-state index in [1.807, 2.05) is 0 Å². The summed E-state index contributed by atoms with van der Waals surface area (Å²) >= 11 is 0. The number of hydrogen-bond donors (Lipinski definition) is 0. The van der Waals surface area contributed by atoms with Gasteiger partial charge in [0.1, 0.15) is 5.58 Å². The monoisotopic (exact) mass is 611 g/mol. The highest BCUT2D eigenvalue weighted by Gasteiger charge is 2.21. The van der Waals surface area contributed by atoms with Crippen molar-refractivity contribution in [2.75, 3.05) is 4.90 Å². The molecule has 0 spiro atoms. The van der Waals surface area contributed by atoms with E-state index < -0.39 is 0 Å². The third-order valence-corrected chi connectivity index (χ3v) is 9.82. The Morgan fingerprint density at radius 1 is 0.333 bits per heavy atom. The van der Waals surface area contributed by atoms with Crippen LogP contribution in [0.1, 0.15) is 0 Å². The van der Waals surface area contributed by atoms with E-state index in [0.29, 0.717) is 0 Å². The van der Waals surface area contributed by atoms with E-state index in [1.54, 1.807) is 0 Å². The number of anilines is 3. The van der Waals surface area contributed by atoms with E-state index >= 15 is 0 Å². The van der Waals surface area contributed by atoms with E-state index in [4.69, 9.17) is 4.42 Å². The van der Waals surface area contributed by atoms with Crippen molar-refractivity contribution in [2.24, 2.45) is 0 Å². The minimum absolute atomic E-state index is 0.876. The van der Waals surface area contributed by atoms with Crippen molar-refractivity contribution in [3.8, 4) is 11.1 Å². The van der Waals surface area contributed by atoms with Crippen LogP contribution >= 0.6 is 0 Å². The molecule has 10 aromatic rings. The molecule has 0 radical (unpaired) electrons. The molecular weight excluding hydrogens is 583 g/mol. The Bertz CT molecular complexity index is 2840. The van der Waals surface area contributed by atoms with Gasteiger partial charge in [0.2, 0.25) is 0 Å². The van der Waals surface area contributed by atoms with Gasteiger partial charge in [0.05, 0.1) is 5.69 Å². The maximum absolute atomic E-state index is 6.87. The van der Waals surface area contributed by atoms with Crippen molar-refractivity contribution in [2.45, 2.75) is 0 Å². The third-order valence-electron chi connectivity index (χ3n) is 9.82. The Balaban J connectivity index is 1.20. The number of benzene rings is 9. The van der Waals surface area contributed by atoms with Crippen molar-refractivity contribution < 1.29 is 4.42 Å². The summed E-state index contributed by atoms with van der Waals surface area (Å²) in [7, 11) is 0. The highest BCUT2D eigenvalue weighted by atomic mass is 16.3. The fourth-order valence-corrected chi connectivity index (χ4v) is 7.52. The van der Waals surface area contributed by atoms with Gasteiger partial charge in [-0.25, -0.2) is 0 Å². The van der Waals surface area contributed by atoms with E-state index in [2.05, 4.69) is 181 Å². The van der Waals surface area contributed by atoms with Gasteiger partial charge in [-0.2, -0.15) is 0 Å². The fraction of sp³-hybridized carbons (Fsp3) is 0. The molecule has 0 saturated carbocycles. The van der Waals surface area contributed by atoms with E-state index in [-0.39, 0.29) is 0 Å². The first-order valence-corrected chi connectivity index (χ1v) is 16.4. The summed E-state index contributed by atoms with van der Waals surface area (Å²) in [4.78, 5) is 2.34. The van der Waals surface area contributed by atoms with Crippen molar-refractivity contribution in [1.29, 1.82) is 0 Å². The topological polar surface area (TPSA) is 16.4 Å². The van der Waals surface area contributed by atoms with Crippen molar-refractivity contribution in [3.05, 3.63) is 176 Å². The molecule has 0 saturated heterocycles. The van der Waals surface area contributed by atoms with Crippen molar-refractivity contribution >= 4 is 82.1 Å². The predicted octanol–water partition coefficient (Wildman–Crippen LogP) is 13.3. The van der Waals surface area contributed by atoms with Gasteiger partial charge >= 0.3 is 0 Å². The summed E-state index contributed by atoms with van der Waals surface area (Å²) in [5.41, 5.74) is 7.37. The molecule has 0 unspecified atom stereocenters. The lowest BCUT2D eigenvalue weighted by Gasteiger charge is -2.26. The predicted molar refractivity (Wildman–Crippen MR) is 204 cm³/mol. The second-order valence-electron chi connectivity index (χ2n) is 12.5. The van der Waals surface area contributed by atoms with Crippen molar-refractivity contribution in [3.63, 3.8) is 0 Å². The van der Waals surface area contributed by atoms with Crippen molar-refractivity contribution in [1.82, 2.24) is 0 Å². The number of nitrogens with zero attached hydrogens (tertiary/aromatic N) is 1. The number of para-hydroxylation sites is 1. The maximum atomic E-state index is 6.87. The molecule has 0 bridgehead atoms. The minimum atomic E-state index is 0.876. The largest absolute Gasteiger partial charge is 0.453 e. The Kier molecular flexibility index (Phi) is 5.91. The molecule has 0 aliphatic heterocycles. The number of rotatable bonds is 4. The Hall–Kier alpha value is -6.38. The van der Waals surface area contributed by atoms with Crippen LogP contribution in [-0.4, -0.2) is 0 Å². The fourth-order valence-electron chi connectivity index (χ4n) is 7.52. The lowest BCUT2D eigenvalue weighted by Crippen LogP contribution is -2.10. The minimum Gasteiger partial charge on any atom is -0.453 e. The van der Waals surface area contributed by atoms with E-state index in [1.165, 1.54) is 48.8 Å². The summed E-state index contributed by atoms with van der Waals surface area (Å²) in [6, 6.07) is 63.3. The summed E-state index contributed by atoms with van der Waals surface area (Å²) < 4.78 is 6.87. The second kappa shape index (κ2) is 10.6. The first kappa shape index (κ1) is 26.8. The molecule has 2 nitrogen and oxygen atoms in total. The molecule has 9 aromatic carbocycles. The van der Waals surface area contributed by atoms with Gasteiger partial charge in [-0.3, -0.25) is 0 Å². The maximum Gasteiger partial charge on any atom is 0.159 e. The zero-order valence-corrected chi connectivity index (χ0v) is 26.1. The molecule has 0 N–H and O–H groups in total. The highest BCUT2D eigenvalue weighted by Crippen LogP contribution is 2.44. The van der Waals surface area contributed by atoms with Crippen LogP contribution in [0.3, 0.4) is 0 Å². The van der Waals surface area contributed by atoms with Gasteiger partial charge in [-0.15, -0.1) is 0 Å². The van der Waals surface area contributed by atoms with Crippen LogP contribution in [0.15, 0.2) is 180 Å². The standard InChI is InChI=1S/C46H29NO/c1-4-13-37-30(9-1)12-7-16-39(37)33-21-24-35(25-22-33)47(36-26-28-40-34(29-36)20-19-31-10-2-5-14-38(31)40)44-18-8-17-42-43-27-23-32-11-3-6-15-41(32)45(43)48-46(42)44/h1-29H. The molecule has 224 valence electrons. The first-order chi connectivity index (χ1) is 23.8. The van der Waals surface area contributed by atoms with Crippen LogP contribution in [0, 0.1) is 0 Å². The van der Waals surface area contributed by atoms with Gasteiger partial charge in [0, 0.05) is 27.5 Å². The van der Waals surface area contributed by atoms with Gasteiger partial charge in [-0.1, -0.05) is 140 Å². The Morgan fingerprint density at radius 2 is 0.875 bits per heavy atom. The van der Waals surface area contributed by atoms with Crippen LogP contribution in [0.5, 0.6) is 0 Å². The van der Waals surface area contributed by atoms with Crippen LogP contribution in [0.25, 0.3) is 76.2 Å². The second-order valence-corrected chi connectivity index (χ2v) is 12.5. The third kappa shape index (κ3) is 4.13. The molecule has 1 aromatic heterocycles. The SMILES string of the molecule is c1ccc2c(-c3ccc(N(c4ccc5c(ccc6ccccc65)c4)c4cccc5c4oc4c6ccccc6ccc54)cc3)cccc2c1. The van der Waals surface area contributed by atoms with E-state index in [0.717, 1.165) is 44.4 Å². The number of fused-ring (bicyclic) bond motifs is 9. The summed E-state index contributed by atoms with van der Waals surface area (Å²) in [5.74, 6) is 0. The summed E-state index contributed by atoms with van der Waals surface area (Å²) in [5, 5.41) is 12.0. The molecule has 48 heavy (non-hydrogen) atoms. The average molecular weight is 612 g/mol. The quantitative estimate of drug-likeness (QED) is 0.184. The first-order valence-electron chi connectivity index (χ1n) is 16.4. The molecular formula is C46H29NO. The molecule has 2 heteroatoms. The molecule has 10 rings (SSSR count). The van der Waals surface area contributed by atoms with Gasteiger partial charge in [-0.05, 0) is 85.2 Å². The van der Waals surface area contributed by atoms with Gasteiger partial charge in [0.25, 0.3) is 0 Å². The van der Waals surface area contributed by atoms with Crippen LogP contribution in [-0.2, 0) is 0 Å². The smallest absolute Gasteiger partial charge is 0.159 e. The van der Waals surface area contributed by atoms with E-state index in [9.17, 15) is 0 Å². The molecule has 0 aliphatic rings. The zero-order valence-electron chi connectivity index (χ0n) is 26.1. The lowest BCUT2D eigenvalue weighted by atomic mass is 9.98. The van der Waals surface area contributed by atoms with Crippen LogP contribution in [0.4, 0.5) is 17.1 Å². The summed E-state index contributed by atoms with van der Waals surface area (Å²) in [6.07, 6.45) is 0. The summed E-state index contributed by atoms with van der Waals surface area (Å²) in [6.45, 7) is 0. The van der Waals surface area contributed by atoms with Crippen LogP contribution < -0.4 is 4.90 Å². The Morgan fingerprint density at radius 3 is 1.71 bits per heavy atom. The lowest BCUT2D eigenvalue weighted by molar-refractivity contribution is 0.673. The number of furan rings is 1. The molecule has 0 fully saturated rings. The normalized spacial score (nSPS) is 11.8. The number of hydrogen-bond acceptors (Lipinski definition) is 2. The highest BCUT2D eigenvalue weighted by molar-refractivity contribution is 6.18. The molecule has 1 heterocycles. The molecule has 0 amide bonds. The molecule has 0 atom stereocenters. The Labute approximate surface area is 277 Å². The average Bonchev–Trinajstić information content (AvgIpc) is 3.55. The van der Waals surface area contributed by atoms with Gasteiger partial charge in [0.15, 0.2) is 5.58 Å². The van der Waals surface area contributed by atoms with Gasteiger partial charge < -0.3 is 9.32 Å².